The van der Waals surface area contributed by atoms with Crippen LogP contribution in [0.4, 0.5) is 10.1 Å². The van der Waals surface area contributed by atoms with E-state index in [0.717, 1.165) is 5.56 Å². The van der Waals surface area contributed by atoms with Crippen LogP contribution in [-0.4, -0.2) is 37.0 Å². The molecule has 5 heteroatoms. The van der Waals surface area contributed by atoms with Crippen LogP contribution in [0.5, 0.6) is 0 Å². The molecule has 0 unspecified atom stereocenters. The average molecular weight is 377 g/mol. The van der Waals surface area contributed by atoms with Crippen LogP contribution in [0.25, 0.3) is 6.08 Å². The summed E-state index contributed by atoms with van der Waals surface area (Å²) in [5.41, 5.74) is 2.72. The van der Waals surface area contributed by atoms with E-state index in [1.807, 2.05) is 35.2 Å². The van der Waals surface area contributed by atoms with Gasteiger partial charge in [-0.25, -0.2) is 4.39 Å². The number of rotatable bonds is 4. The minimum Gasteiger partial charge on any atom is -0.366 e. The zero-order valence-corrected chi connectivity index (χ0v) is 16.2. The average Bonchev–Trinajstić information content (AvgIpc) is 2.72. The van der Waals surface area contributed by atoms with E-state index in [0.29, 0.717) is 37.8 Å². The Labute approximate surface area is 165 Å². The van der Waals surface area contributed by atoms with Crippen molar-refractivity contribution in [3.05, 3.63) is 71.0 Å². The number of carbonyl (C=O) groups is 1. The van der Waals surface area contributed by atoms with Crippen LogP contribution in [0.15, 0.2) is 54.1 Å². The quantitative estimate of drug-likeness (QED) is 0.592. The third-order valence-electron chi connectivity index (χ3n) is 5.03. The van der Waals surface area contributed by atoms with E-state index >= 15 is 0 Å². The number of piperazine rings is 1. The van der Waals surface area contributed by atoms with Gasteiger partial charge in [0.2, 0.25) is 0 Å². The molecule has 0 bridgehead atoms. The van der Waals surface area contributed by atoms with Crippen LogP contribution in [0.2, 0.25) is 0 Å². The smallest absolute Gasteiger partial charge is 0.264 e. The number of para-hydroxylation sites is 1. The number of hydrogen-bond acceptors (Lipinski definition) is 3. The van der Waals surface area contributed by atoms with Gasteiger partial charge in [0.15, 0.2) is 0 Å². The number of carbonyl (C=O) groups excluding carboxylic acids is 1. The van der Waals surface area contributed by atoms with Crippen molar-refractivity contribution in [1.29, 1.82) is 5.26 Å². The first-order chi connectivity index (χ1) is 13.5. The molecule has 0 radical (unpaired) electrons. The fourth-order valence-electron chi connectivity index (χ4n) is 3.31. The highest BCUT2D eigenvalue weighted by Gasteiger charge is 2.24. The Morgan fingerprint density at radius 3 is 2.29 bits per heavy atom. The third-order valence-corrected chi connectivity index (χ3v) is 5.03. The van der Waals surface area contributed by atoms with Crippen molar-refractivity contribution in [2.45, 2.75) is 19.8 Å². The molecular formula is C23H24FN3O. The summed E-state index contributed by atoms with van der Waals surface area (Å²) in [6.45, 7) is 6.23. The first-order valence-corrected chi connectivity index (χ1v) is 9.50. The Morgan fingerprint density at radius 2 is 1.71 bits per heavy atom. The van der Waals surface area contributed by atoms with Crippen molar-refractivity contribution >= 4 is 17.7 Å². The van der Waals surface area contributed by atoms with Gasteiger partial charge in [-0.1, -0.05) is 50.2 Å². The van der Waals surface area contributed by atoms with E-state index in [-0.39, 0.29) is 17.3 Å². The van der Waals surface area contributed by atoms with Crippen LogP contribution >= 0.6 is 0 Å². The minimum atomic E-state index is -0.274. The fraction of sp³-hybridized carbons (Fsp3) is 0.304. The van der Waals surface area contributed by atoms with Gasteiger partial charge >= 0.3 is 0 Å². The second-order valence-corrected chi connectivity index (χ2v) is 7.22. The summed E-state index contributed by atoms with van der Waals surface area (Å²) in [7, 11) is 0. The molecule has 0 N–H and O–H groups in total. The molecule has 1 amide bonds. The lowest BCUT2D eigenvalue weighted by Gasteiger charge is -2.36. The predicted molar refractivity (Wildman–Crippen MR) is 109 cm³/mol. The zero-order valence-electron chi connectivity index (χ0n) is 16.2. The normalized spacial score (nSPS) is 14.9. The topological polar surface area (TPSA) is 47.3 Å². The minimum absolute atomic E-state index is 0.122. The van der Waals surface area contributed by atoms with E-state index in [4.69, 9.17) is 0 Å². The van der Waals surface area contributed by atoms with Crippen LogP contribution in [0.1, 0.15) is 30.9 Å². The van der Waals surface area contributed by atoms with Gasteiger partial charge in [0.25, 0.3) is 5.91 Å². The van der Waals surface area contributed by atoms with Gasteiger partial charge in [0, 0.05) is 26.2 Å². The number of nitriles is 1. The largest absolute Gasteiger partial charge is 0.366 e. The SMILES string of the molecule is CC(C)c1ccc(/C=C(\C#N)C(=O)N2CCN(c3ccccc3F)CC2)cc1. The van der Waals surface area contributed by atoms with Crippen LogP contribution < -0.4 is 4.90 Å². The fourth-order valence-corrected chi connectivity index (χ4v) is 3.31. The van der Waals surface area contributed by atoms with E-state index in [2.05, 4.69) is 13.8 Å². The highest BCUT2D eigenvalue weighted by molar-refractivity contribution is 6.01. The molecule has 2 aromatic carbocycles. The summed E-state index contributed by atoms with van der Waals surface area (Å²) in [5, 5.41) is 9.47. The zero-order chi connectivity index (χ0) is 20.1. The number of benzene rings is 2. The van der Waals surface area contributed by atoms with Gasteiger partial charge in [-0.3, -0.25) is 4.79 Å². The van der Waals surface area contributed by atoms with Crippen molar-refractivity contribution in [3.63, 3.8) is 0 Å². The maximum atomic E-state index is 14.0. The molecule has 1 aliphatic rings. The monoisotopic (exact) mass is 377 g/mol. The first kappa shape index (κ1) is 19.6. The second-order valence-electron chi connectivity index (χ2n) is 7.22. The second kappa shape index (κ2) is 8.71. The number of amides is 1. The van der Waals surface area contributed by atoms with Gasteiger partial charge < -0.3 is 9.80 Å². The summed E-state index contributed by atoms with van der Waals surface area (Å²) < 4.78 is 14.0. The molecule has 1 heterocycles. The van der Waals surface area contributed by atoms with E-state index in [9.17, 15) is 14.4 Å². The molecule has 0 aromatic heterocycles. The van der Waals surface area contributed by atoms with Gasteiger partial charge in [-0.05, 0) is 35.3 Å². The van der Waals surface area contributed by atoms with E-state index in [1.165, 1.54) is 11.6 Å². The maximum Gasteiger partial charge on any atom is 0.264 e. The highest BCUT2D eigenvalue weighted by atomic mass is 19.1. The Hall–Kier alpha value is -3.13. The van der Waals surface area contributed by atoms with Crippen LogP contribution in [0.3, 0.4) is 0 Å². The molecule has 1 aliphatic heterocycles. The van der Waals surface area contributed by atoms with Crippen molar-refractivity contribution in [2.24, 2.45) is 0 Å². The van der Waals surface area contributed by atoms with Gasteiger partial charge in [-0.2, -0.15) is 5.26 Å². The van der Waals surface area contributed by atoms with E-state index < -0.39 is 0 Å². The third kappa shape index (κ3) is 4.40. The molecule has 0 spiro atoms. The highest BCUT2D eigenvalue weighted by Crippen LogP contribution is 2.21. The van der Waals surface area contributed by atoms with Gasteiger partial charge in [0.05, 0.1) is 5.69 Å². The summed E-state index contributed by atoms with van der Waals surface area (Å²) in [6, 6.07) is 16.6. The van der Waals surface area contributed by atoms with Crippen LogP contribution in [-0.2, 0) is 4.79 Å². The maximum absolute atomic E-state index is 14.0. The van der Waals surface area contributed by atoms with Crippen LogP contribution in [0, 0.1) is 17.1 Å². The van der Waals surface area contributed by atoms with Crippen molar-refractivity contribution in [1.82, 2.24) is 4.90 Å². The lowest BCUT2D eigenvalue weighted by atomic mass is 10.0. The van der Waals surface area contributed by atoms with Gasteiger partial charge in [0.1, 0.15) is 17.5 Å². The van der Waals surface area contributed by atoms with Gasteiger partial charge in [-0.15, -0.1) is 0 Å². The number of anilines is 1. The lowest BCUT2D eigenvalue weighted by Crippen LogP contribution is -2.49. The first-order valence-electron chi connectivity index (χ1n) is 9.50. The molecule has 0 aliphatic carbocycles. The van der Waals surface area contributed by atoms with Crippen molar-refractivity contribution in [2.75, 3.05) is 31.1 Å². The summed E-state index contributed by atoms with van der Waals surface area (Å²) in [6.07, 6.45) is 1.63. The molecule has 4 nitrogen and oxygen atoms in total. The Bertz CT molecular complexity index is 904. The number of halogens is 1. The lowest BCUT2D eigenvalue weighted by molar-refractivity contribution is -0.126. The Morgan fingerprint density at radius 1 is 1.07 bits per heavy atom. The summed E-state index contributed by atoms with van der Waals surface area (Å²) in [4.78, 5) is 16.4. The molecular weight excluding hydrogens is 353 g/mol. The number of hydrogen-bond donors (Lipinski definition) is 0. The standard InChI is InChI=1S/C23H24FN3O/c1-17(2)19-9-7-18(8-10-19)15-20(16-25)23(28)27-13-11-26(12-14-27)22-6-4-3-5-21(22)24/h3-10,15,17H,11-14H2,1-2H3/b20-15+. The Balaban J connectivity index is 1.67. The summed E-state index contributed by atoms with van der Waals surface area (Å²) >= 11 is 0. The Kier molecular flexibility index (Phi) is 6.10. The van der Waals surface area contributed by atoms with Crippen molar-refractivity contribution in [3.8, 4) is 6.07 Å². The molecule has 1 fully saturated rings. The number of nitrogens with zero attached hydrogens (tertiary/aromatic N) is 3. The van der Waals surface area contributed by atoms with Crippen molar-refractivity contribution < 1.29 is 9.18 Å². The molecule has 144 valence electrons. The predicted octanol–water partition coefficient (Wildman–Crippen LogP) is 4.20. The molecule has 0 atom stereocenters. The molecule has 1 saturated heterocycles. The molecule has 3 rings (SSSR count). The summed E-state index contributed by atoms with van der Waals surface area (Å²) in [5.74, 6) is -0.103. The molecule has 0 saturated carbocycles. The molecule has 2 aromatic rings. The van der Waals surface area contributed by atoms with E-state index in [1.54, 1.807) is 29.2 Å². The molecule has 28 heavy (non-hydrogen) atoms.